The summed E-state index contributed by atoms with van der Waals surface area (Å²) in [6, 6.07) is 13.0. The lowest BCUT2D eigenvalue weighted by Crippen LogP contribution is -2.11. The predicted octanol–water partition coefficient (Wildman–Crippen LogP) is 4.72. The number of hydrogen-bond acceptors (Lipinski definition) is 1. The first-order chi connectivity index (χ1) is 9.38. The van der Waals surface area contributed by atoms with Crippen LogP contribution < -0.4 is 4.74 Å². The molecule has 0 atom stereocenters. The Balaban J connectivity index is 2.33. The van der Waals surface area contributed by atoms with Crippen molar-refractivity contribution in [2.45, 2.75) is 32.6 Å². The largest absolute Gasteiger partial charge is 0.497 e. The van der Waals surface area contributed by atoms with Crippen LogP contribution in [0.1, 0.15) is 37.5 Å². The van der Waals surface area contributed by atoms with Gasteiger partial charge < -0.3 is 4.74 Å². The van der Waals surface area contributed by atoms with Gasteiger partial charge in [-0.25, -0.2) is 4.39 Å². The first-order valence-electron chi connectivity index (χ1n) is 6.81. The highest BCUT2D eigenvalue weighted by molar-refractivity contribution is 5.40. The average molecular weight is 272 g/mol. The zero-order chi connectivity index (χ0) is 14.8. The number of ether oxygens (including phenoxy) is 1. The molecule has 20 heavy (non-hydrogen) atoms. The molecule has 2 heteroatoms. The van der Waals surface area contributed by atoms with E-state index in [1.54, 1.807) is 7.11 Å². The van der Waals surface area contributed by atoms with Crippen molar-refractivity contribution in [1.29, 1.82) is 0 Å². The third kappa shape index (κ3) is 3.60. The van der Waals surface area contributed by atoms with Gasteiger partial charge in [0.15, 0.2) is 0 Å². The van der Waals surface area contributed by atoms with E-state index >= 15 is 0 Å². The number of rotatable bonds is 3. The standard InChI is InChI=1S/C18H21FO/c1-18(2,3)15-10-14(11-17(12-15)20-4)9-13-5-7-16(19)8-6-13/h5-8,10-12H,9H2,1-4H3. The number of halogens is 1. The van der Waals surface area contributed by atoms with Gasteiger partial charge in [-0.2, -0.15) is 0 Å². The Bertz CT molecular complexity index is 579. The molecule has 0 aliphatic heterocycles. The van der Waals surface area contributed by atoms with Gasteiger partial charge in [0.1, 0.15) is 11.6 Å². The molecule has 0 aromatic heterocycles. The van der Waals surface area contributed by atoms with Crippen molar-refractivity contribution in [2.75, 3.05) is 7.11 Å². The maximum absolute atomic E-state index is 12.9. The first kappa shape index (κ1) is 14.6. The average Bonchev–Trinajstić information content (AvgIpc) is 2.40. The third-order valence-corrected chi connectivity index (χ3v) is 3.39. The molecule has 0 aliphatic carbocycles. The molecule has 0 heterocycles. The highest BCUT2D eigenvalue weighted by Crippen LogP contribution is 2.28. The Kier molecular flexibility index (Phi) is 4.12. The summed E-state index contributed by atoms with van der Waals surface area (Å²) in [7, 11) is 1.68. The Morgan fingerprint density at radius 1 is 0.950 bits per heavy atom. The van der Waals surface area contributed by atoms with E-state index in [0.717, 1.165) is 17.7 Å². The number of benzene rings is 2. The van der Waals surface area contributed by atoms with Crippen molar-refractivity contribution in [3.8, 4) is 5.75 Å². The Hall–Kier alpha value is -1.83. The van der Waals surface area contributed by atoms with E-state index in [2.05, 4.69) is 32.9 Å². The van der Waals surface area contributed by atoms with Crippen molar-refractivity contribution >= 4 is 0 Å². The van der Waals surface area contributed by atoms with Gasteiger partial charge in [0.2, 0.25) is 0 Å². The minimum absolute atomic E-state index is 0.0755. The predicted molar refractivity (Wildman–Crippen MR) is 80.9 cm³/mol. The van der Waals surface area contributed by atoms with E-state index in [-0.39, 0.29) is 11.2 Å². The molecule has 0 bridgehead atoms. The Morgan fingerprint density at radius 3 is 2.15 bits per heavy atom. The highest BCUT2D eigenvalue weighted by atomic mass is 19.1. The van der Waals surface area contributed by atoms with Crippen molar-refractivity contribution in [3.63, 3.8) is 0 Å². The number of hydrogen-bond donors (Lipinski definition) is 0. The topological polar surface area (TPSA) is 9.23 Å². The molecule has 0 amide bonds. The van der Waals surface area contributed by atoms with Crippen LogP contribution in [0.3, 0.4) is 0 Å². The highest BCUT2D eigenvalue weighted by Gasteiger charge is 2.15. The quantitative estimate of drug-likeness (QED) is 0.785. The van der Waals surface area contributed by atoms with Crippen LogP contribution in [0, 0.1) is 5.82 Å². The van der Waals surface area contributed by atoms with E-state index in [1.165, 1.54) is 23.3 Å². The SMILES string of the molecule is COc1cc(Cc2ccc(F)cc2)cc(C(C)(C)C)c1. The summed E-state index contributed by atoms with van der Waals surface area (Å²) < 4.78 is 18.3. The summed E-state index contributed by atoms with van der Waals surface area (Å²) in [4.78, 5) is 0. The van der Waals surface area contributed by atoms with Crippen molar-refractivity contribution in [2.24, 2.45) is 0 Å². The lowest BCUT2D eigenvalue weighted by Gasteiger charge is -2.21. The van der Waals surface area contributed by atoms with Crippen LogP contribution in [-0.4, -0.2) is 7.11 Å². The molecule has 0 N–H and O–H groups in total. The van der Waals surface area contributed by atoms with Crippen LogP contribution in [0.2, 0.25) is 0 Å². The van der Waals surface area contributed by atoms with Gasteiger partial charge in [0.05, 0.1) is 7.11 Å². The van der Waals surface area contributed by atoms with Crippen LogP contribution >= 0.6 is 0 Å². The van der Waals surface area contributed by atoms with Gasteiger partial charge in [0.25, 0.3) is 0 Å². The molecule has 0 spiro atoms. The Morgan fingerprint density at radius 2 is 1.60 bits per heavy atom. The zero-order valence-electron chi connectivity index (χ0n) is 12.5. The molecule has 2 aromatic rings. The van der Waals surface area contributed by atoms with E-state index in [0.29, 0.717) is 0 Å². The van der Waals surface area contributed by atoms with Crippen LogP contribution in [-0.2, 0) is 11.8 Å². The summed E-state index contributed by atoms with van der Waals surface area (Å²) in [5.41, 5.74) is 3.60. The maximum Gasteiger partial charge on any atom is 0.123 e. The molecule has 0 unspecified atom stereocenters. The Labute approximate surface area is 120 Å². The molecular weight excluding hydrogens is 251 g/mol. The lowest BCUT2D eigenvalue weighted by molar-refractivity contribution is 0.412. The molecule has 0 saturated carbocycles. The summed E-state index contributed by atoms with van der Waals surface area (Å²) >= 11 is 0. The monoisotopic (exact) mass is 272 g/mol. The molecular formula is C18H21FO. The fourth-order valence-corrected chi connectivity index (χ4v) is 2.15. The van der Waals surface area contributed by atoms with E-state index < -0.39 is 0 Å². The second-order valence-electron chi connectivity index (χ2n) is 6.12. The minimum Gasteiger partial charge on any atom is -0.497 e. The molecule has 106 valence electrons. The second kappa shape index (κ2) is 5.66. The smallest absolute Gasteiger partial charge is 0.123 e. The lowest BCUT2D eigenvalue weighted by atomic mass is 9.85. The van der Waals surface area contributed by atoms with Crippen molar-refractivity contribution in [3.05, 3.63) is 65.0 Å². The summed E-state index contributed by atoms with van der Waals surface area (Å²) in [6.07, 6.45) is 0.778. The molecule has 2 aromatic carbocycles. The van der Waals surface area contributed by atoms with Crippen LogP contribution in [0.5, 0.6) is 5.75 Å². The molecule has 0 fully saturated rings. The minimum atomic E-state index is -0.199. The van der Waals surface area contributed by atoms with Gasteiger partial charge in [0, 0.05) is 0 Å². The second-order valence-corrected chi connectivity index (χ2v) is 6.12. The first-order valence-corrected chi connectivity index (χ1v) is 6.81. The molecule has 2 rings (SSSR count). The zero-order valence-corrected chi connectivity index (χ0v) is 12.5. The number of methoxy groups -OCH3 is 1. The van der Waals surface area contributed by atoms with E-state index in [9.17, 15) is 4.39 Å². The van der Waals surface area contributed by atoms with Gasteiger partial charge in [-0.1, -0.05) is 39.0 Å². The molecule has 0 saturated heterocycles. The maximum atomic E-state index is 12.9. The fourth-order valence-electron chi connectivity index (χ4n) is 2.15. The van der Waals surface area contributed by atoms with Crippen molar-refractivity contribution in [1.82, 2.24) is 0 Å². The molecule has 0 radical (unpaired) electrons. The van der Waals surface area contributed by atoms with E-state index in [4.69, 9.17) is 4.74 Å². The third-order valence-electron chi connectivity index (χ3n) is 3.39. The van der Waals surface area contributed by atoms with Crippen LogP contribution in [0.4, 0.5) is 4.39 Å². The van der Waals surface area contributed by atoms with E-state index in [1.807, 2.05) is 18.2 Å². The van der Waals surface area contributed by atoms with Gasteiger partial charge in [-0.15, -0.1) is 0 Å². The van der Waals surface area contributed by atoms with Crippen LogP contribution in [0.15, 0.2) is 42.5 Å². The fraction of sp³-hybridized carbons (Fsp3) is 0.333. The normalized spacial score (nSPS) is 11.4. The molecule has 1 nitrogen and oxygen atoms in total. The van der Waals surface area contributed by atoms with Gasteiger partial charge in [-0.05, 0) is 52.8 Å². The summed E-state index contributed by atoms with van der Waals surface area (Å²) in [6.45, 7) is 6.55. The van der Waals surface area contributed by atoms with Crippen LogP contribution in [0.25, 0.3) is 0 Å². The summed E-state index contributed by atoms with van der Waals surface area (Å²) in [5, 5.41) is 0. The van der Waals surface area contributed by atoms with Gasteiger partial charge in [-0.3, -0.25) is 0 Å². The molecule has 0 aliphatic rings. The summed E-state index contributed by atoms with van der Waals surface area (Å²) in [5.74, 6) is 0.671. The van der Waals surface area contributed by atoms with Gasteiger partial charge >= 0.3 is 0 Å². The van der Waals surface area contributed by atoms with Crippen molar-refractivity contribution < 1.29 is 9.13 Å².